The van der Waals surface area contributed by atoms with Gasteiger partial charge in [-0.3, -0.25) is 4.79 Å². The van der Waals surface area contributed by atoms with E-state index in [2.05, 4.69) is 15.1 Å². The molecule has 30 heavy (non-hydrogen) atoms. The first kappa shape index (κ1) is 20.8. The average Bonchev–Trinajstić information content (AvgIpc) is 3.34. The summed E-state index contributed by atoms with van der Waals surface area (Å²) < 4.78 is 42.2. The van der Waals surface area contributed by atoms with Gasteiger partial charge in [0, 0.05) is 23.4 Å². The Morgan fingerprint density at radius 1 is 1.20 bits per heavy atom. The van der Waals surface area contributed by atoms with Crippen LogP contribution in [0.1, 0.15) is 73.6 Å². The predicted octanol–water partition coefficient (Wildman–Crippen LogP) is 4.87. The fourth-order valence-corrected chi connectivity index (χ4v) is 4.21. The Kier molecular flexibility index (Phi) is 5.08. The molecular formula is C20H22F3N5OS. The van der Waals surface area contributed by atoms with Crippen LogP contribution in [0.4, 0.5) is 13.2 Å². The van der Waals surface area contributed by atoms with Gasteiger partial charge in [-0.25, -0.2) is 14.5 Å². The first-order valence-corrected chi connectivity index (χ1v) is 10.7. The summed E-state index contributed by atoms with van der Waals surface area (Å²) in [6, 6.07) is 2.22. The summed E-state index contributed by atoms with van der Waals surface area (Å²) in [7, 11) is 0. The molecular weight excluding hydrogens is 415 g/mol. The lowest BCUT2D eigenvalue weighted by Crippen LogP contribution is -2.38. The summed E-state index contributed by atoms with van der Waals surface area (Å²) in [6.07, 6.45) is -2.24. The number of piperidine rings is 1. The van der Waals surface area contributed by atoms with Gasteiger partial charge in [-0.05, 0) is 25.3 Å². The molecule has 1 saturated heterocycles. The predicted molar refractivity (Wildman–Crippen MR) is 106 cm³/mol. The summed E-state index contributed by atoms with van der Waals surface area (Å²) in [5.41, 5.74) is 1.41. The maximum Gasteiger partial charge on any atom is 0.433 e. The number of amides is 1. The van der Waals surface area contributed by atoms with Crippen LogP contribution in [0.15, 0.2) is 23.0 Å². The highest BCUT2D eigenvalue weighted by Crippen LogP contribution is 2.36. The largest absolute Gasteiger partial charge is 0.433 e. The number of thiazole rings is 1. The lowest BCUT2D eigenvalue weighted by molar-refractivity contribution is -0.142. The van der Waals surface area contributed by atoms with Crippen LogP contribution in [-0.4, -0.2) is 36.9 Å². The summed E-state index contributed by atoms with van der Waals surface area (Å²) in [5, 5.41) is 5.94. The van der Waals surface area contributed by atoms with Crippen molar-refractivity contribution in [1.82, 2.24) is 24.5 Å². The second kappa shape index (κ2) is 7.33. The maximum atomic E-state index is 13.8. The van der Waals surface area contributed by atoms with E-state index in [9.17, 15) is 18.0 Å². The molecule has 10 heteroatoms. The molecule has 0 aromatic carbocycles. The molecule has 3 aromatic heterocycles. The van der Waals surface area contributed by atoms with Gasteiger partial charge in [0.15, 0.2) is 5.65 Å². The van der Waals surface area contributed by atoms with Crippen LogP contribution in [0.3, 0.4) is 0 Å². The zero-order valence-corrected chi connectivity index (χ0v) is 17.7. The molecule has 0 unspecified atom stereocenters. The fourth-order valence-electron chi connectivity index (χ4n) is 3.69. The maximum absolute atomic E-state index is 13.8. The quantitative estimate of drug-likeness (QED) is 0.574. The van der Waals surface area contributed by atoms with E-state index >= 15 is 0 Å². The van der Waals surface area contributed by atoms with Gasteiger partial charge in [0.25, 0.3) is 5.91 Å². The second-order valence-corrected chi connectivity index (χ2v) is 9.22. The minimum Gasteiger partial charge on any atom is -0.329 e. The highest BCUT2D eigenvalue weighted by atomic mass is 32.1. The van der Waals surface area contributed by atoms with Gasteiger partial charge in [0.1, 0.15) is 11.4 Å². The standard InChI is InChI=1S/C20H22F3N5OS/c1-19(2,3)15-9-16(20(21,22)23)28-17(25-15)8-12(26-28)14-6-4-5-7-27(14)18(29)13-10-30-11-24-13/h8-11,14H,4-7H2,1-3H3/t14-/m0/s1. The molecule has 1 amide bonds. The van der Waals surface area contributed by atoms with Gasteiger partial charge in [-0.2, -0.15) is 18.3 Å². The van der Waals surface area contributed by atoms with Crippen LogP contribution in [0.5, 0.6) is 0 Å². The van der Waals surface area contributed by atoms with E-state index in [4.69, 9.17) is 0 Å². The van der Waals surface area contributed by atoms with Crippen molar-refractivity contribution in [3.8, 4) is 0 Å². The van der Waals surface area contributed by atoms with Crippen LogP contribution >= 0.6 is 11.3 Å². The number of hydrogen-bond acceptors (Lipinski definition) is 5. The minimum atomic E-state index is -4.58. The van der Waals surface area contributed by atoms with Crippen molar-refractivity contribution in [3.63, 3.8) is 0 Å². The van der Waals surface area contributed by atoms with Gasteiger partial charge in [-0.1, -0.05) is 20.8 Å². The molecule has 1 aliphatic heterocycles. The van der Waals surface area contributed by atoms with E-state index in [0.717, 1.165) is 23.4 Å². The van der Waals surface area contributed by atoms with Crippen molar-refractivity contribution >= 4 is 22.9 Å². The summed E-state index contributed by atoms with van der Waals surface area (Å²) in [5.74, 6) is -0.225. The summed E-state index contributed by atoms with van der Waals surface area (Å²) >= 11 is 1.33. The third kappa shape index (κ3) is 3.80. The van der Waals surface area contributed by atoms with Crippen LogP contribution in [0.25, 0.3) is 5.65 Å². The van der Waals surface area contributed by atoms with Gasteiger partial charge >= 0.3 is 6.18 Å². The lowest BCUT2D eigenvalue weighted by Gasteiger charge is -2.34. The van der Waals surface area contributed by atoms with Gasteiger partial charge in [0.05, 0.1) is 22.9 Å². The minimum absolute atomic E-state index is 0.136. The molecule has 6 nitrogen and oxygen atoms in total. The van der Waals surface area contributed by atoms with Crippen molar-refractivity contribution in [2.75, 3.05) is 6.54 Å². The number of alkyl halides is 3. The van der Waals surface area contributed by atoms with E-state index in [0.29, 0.717) is 30.0 Å². The van der Waals surface area contributed by atoms with Crippen molar-refractivity contribution in [2.24, 2.45) is 0 Å². The molecule has 4 heterocycles. The molecule has 0 bridgehead atoms. The molecule has 1 atom stereocenters. The van der Waals surface area contributed by atoms with Crippen molar-refractivity contribution in [1.29, 1.82) is 0 Å². The number of carbonyl (C=O) groups is 1. The Balaban J connectivity index is 1.81. The van der Waals surface area contributed by atoms with Crippen LogP contribution < -0.4 is 0 Å². The van der Waals surface area contributed by atoms with E-state index in [1.165, 1.54) is 11.3 Å². The van der Waals surface area contributed by atoms with Gasteiger partial charge < -0.3 is 4.90 Å². The van der Waals surface area contributed by atoms with Gasteiger partial charge in [0.2, 0.25) is 0 Å². The zero-order valence-electron chi connectivity index (χ0n) is 16.9. The fraction of sp³-hybridized carbons (Fsp3) is 0.500. The second-order valence-electron chi connectivity index (χ2n) is 8.50. The lowest BCUT2D eigenvalue weighted by atomic mass is 9.91. The number of halogens is 3. The molecule has 160 valence electrons. The number of carbonyl (C=O) groups excluding carboxylic acids is 1. The number of aromatic nitrogens is 4. The van der Waals surface area contributed by atoms with Crippen molar-refractivity contribution < 1.29 is 18.0 Å². The van der Waals surface area contributed by atoms with Crippen LogP contribution in [-0.2, 0) is 11.6 Å². The summed E-state index contributed by atoms with van der Waals surface area (Å²) in [4.78, 5) is 23.1. The highest BCUT2D eigenvalue weighted by molar-refractivity contribution is 7.07. The Morgan fingerprint density at radius 2 is 1.97 bits per heavy atom. The Hall–Kier alpha value is -2.49. The molecule has 1 aliphatic rings. The molecule has 0 aliphatic carbocycles. The Morgan fingerprint density at radius 3 is 2.60 bits per heavy atom. The molecule has 0 spiro atoms. The van der Waals surface area contributed by atoms with Crippen molar-refractivity contribution in [2.45, 2.75) is 57.7 Å². The molecule has 3 aromatic rings. The molecule has 1 fully saturated rings. The highest BCUT2D eigenvalue weighted by Gasteiger charge is 2.38. The molecule has 0 radical (unpaired) electrons. The van der Waals surface area contributed by atoms with E-state index < -0.39 is 23.3 Å². The molecule has 0 saturated carbocycles. The number of fused-ring (bicyclic) bond motifs is 1. The van der Waals surface area contributed by atoms with E-state index in [-0.39, 0.29) is 11.6 Å². The number of hydrogen-bond donors (Lipinski definition) is 0. The van der Waals surface area contributed by atoms with Gasteiger partial charge in [-0.15, -0.1) is 11.3 Å². The zero-order chi connectivity index (χ0) is 21.7. The SMILES string of the molecule is CC(C)(C)c1cc(C(F)(F)F)n2nc([C@@H]3CCCCN3C(=O)c3cscn3)cc2n1. The van der Waals surface area contributed by atoms with E-state index in [1.54, 1.807) is 21.9 Å². The summed E-state index contributed by atoms with van der Waals surface area (Å²) in [6.45, 7) is 5.97. The Labute approximate surface area is 175 Å². The van der Waals surface area contributed by atoms with Crippen LogP contribution in [0, 0.1) is 0 Å². The monoisotopic (exact) mass is 437 g/mol. The first-order chi connectivity index (χ1) is 14.1. The molecule has 4 rings (SSSR count). The number of likely N-dealkylation sites (tertiary alicyclic amines) is 1. The first-order valence-electron chi connectivity index (χ1n) is 9.73. The van der Waals surface area contributed by atoms with Crippen molar-refractivity contribution in [3.05, 3.63) is 45.8 Å². The third-order valence-corrected chi connectivity index (χ3v) is 5.85. The average molecular weight is 437 g/mol. The van der Waals surface area contributed by atoms with E-state index in [1.807, 2.05) is 20.8 Å². The smallest absolute Gasteiger partial charge is 0.329 e. The van der Waals surface area contributed by atoms with Crippen LogP contribution in [0.2, 0.25) is 0 Å². The third-order valence-electron chi connectivity index (χ3n) is 5.26. The number of nitrogens with zero attached hydrogens (tertiary/aromatic N) is 5. The molecule has 0 N–H and O–H groups in total. The normalized spacial score (nSPS) is 18.2. The topological polar surface area (TPSA) is 63.4 Å². The number of rotatable bonds is 2. The Bertz CT molecular complexity index is 1070.